The topological polar surface area (TPSA) is 38.5 Å². The van der Waals surface area contributed by atoms with Crippen molar-refractivity contribution in [1.82, 2.24) is 0 Å². The zero-order valence-corrected chi connectivity index (χ0v) is 11.3. The van der Waals surface area contributed by atoms with Crippen LogP contribution in [0.4, 0.5) is 10.1 Å². The molecule has 1 aromatic rings. The third-order valence-electron chi connectivity index (χ3n) is 4.44. The Morgan fingerprint density at radius 3 is 2.53 bits per heavy atom. The summed E-state index contributed by atoms with van der Waals surface area (Å²) in [5, 5.41) is 0. The molecule has 1 aromatic carbocycles. The second-order valence-corrected chi connectivity index (χ2v) is 5.70. The van der Waals surface area contributed by atoms with E-state index in [0.29, 0.717) is 23.9 Å². The van der Waals surface area contributed by atoms with E-state index in [2.05, 4.69) is 4.90 Å². The van der Waals surface area contributed by atoms with Crippen LogP contribution in [0, 0.1) is 5.82 Å². The summed E-state index contributed by atoms with van der Waals surface area (Å²) < 4.78 is 18.9. The summed E-state index contributed by atoms with van der Waals surface area (Å²) in [7, 11) is 1.49. The largest absolute Gasteiger partial charge is 0.494 e. The molecule has 3 rings (SSSR count). The van der Waals surface area contributed by atoms with Crippen LogP contribution in [0.15, 0.2) is 18.2 Å². The highest BCUT2D eigenvalue weighted by molar-refractivity contribution is 5.52. The minimum absolute atomic E-state index is 0.284. The lowest BCUT2D eigenvalue weighted by Gasteiger charge is -2.49. The predicted molar refractivity (Wildman–Crippen MR) is 74.1 cm³/mol. The maximum atomic E-state index is 13.9. The lowest BCUT2D eigenvalue weighted by molar-refractivity contribution is 0.271. The zero-order valence-electron chi connectivity index (χ0n) is 11.3. The molecule has 2 aliphatic rings. The molecule has 0 spiro atoms. The summed E-state index contributed by atoms with van der Waals surface area (Å²) in [6.45, 7) is 0. The van der Waals surface area contributed by atoms with E-state index in [-0.39, 0.29) is 5.82 Å². The minimum atomic E-state index is -0.284. The van der Waals surface area contributed by atoms with Crippen molar-refractivity contribution in [3.05, 3.63) is 24.0 Å². The van der Waals surface area contributed by atoms with Crippen LogP contribution < -0.4 is 15.4 Å². The number of halogens is 1. The third-order valence-corrected chi connectivity index (χ3v) is 4.44. The summed E-state index contributed by atoms with van der Waals surface area (Å²) in [4.78, 5) is 2.38. The van der Waals surface area contributed by atoms with Crippen molar-refractivity contribution in [3.63, 3.8) is 0 Å². The number of rotatable bonds is 2. The average molecular weight is 264 g/mol. The molecule has 2 heterocycles. The van der Waals surface area contributed by atoms with Gasteiger partial charge in [0, 0.05) is 29.9 Å². The minimum Gasteiger partial charge on any atom is -0.494 e. The normalized spacial score (nSPS) is 30.3. The van der Waals surface area contributed by atoms with Crippen LogP contribution in [0.5, 0.6) is 5.75 Å². The van der Waals surface area contributed by atoms with E-state index in [9.17, 15) is 4.39 Å². The van der Waals surface area contributed by atoms with Gasteiger partial charge in [-0.2, -0.15) is 0 Å². The van der Waals surface area contributed by atoms with Gasteiger partial charge >= 0.3 is 0 Å². The molecule has 0 aromatic heterocycles. The maximum Gasteiger partial charge on any atom is 0.167 e. The molecule has 2 N–H and O–H groups in total. The number of ether oxygens (including phenoxy) is 1. The Morgan fingerprint density at radius 1 is 1.26 bits per heavy atom. The highest BCUT2D eigenvalue weighted by atomic mass is 19.1. The van der Waals surface area contributed by atoms with Gasteiger partial charge in [-0.05, 0) is 44.2 Å². The molecule has 0 amide bonds. The number of nitrogens with zero attached hydrogens (tertiary/aromatic N) is 1. The molecule has 3 nitrogen and oxygen atoms in total. The molecule has 0 saturated carbocycles. The fourth-order valence-electron chi connectivity index (χ4n) is 3.66. The molecule has 2 bridgehead atoms. The molecule has 2 atom stereocenters. The highest BCUT2D eigenvalue weighted by Crippen LogP contribution is 2.38. The zero-order chi connectivity index (χ0) is 13.4. The van der Waals surface area contributed by atoms with Gasteiger partial charge in [-0.25, -0.2) is 4.39 Å². The third kappa shape index (κ3) is 2.29. The van der Waals surface area contributed by atoms with Crippen molar-refractivity contribution in [1.29, 1.82) is 0 Å². The quantitative estimate of drug-likeness (QED) is 0.892. The second kappa shape index (κ2) is 5.00. The number of fused-ring (bicyclic) bond motifs is 2. The molecular weight excluding hydrogens is 243 g/mol. The van der Waals surface area contributed by atoms with Gasteiger partial charge in [0.2, 0.25) is 0 Å². The first kappa shape index (κ1) is 12.7. The molecule has 0 radical (unpaired) electrons. The average Bonchev–Trinajstić information content (AvgIpc) is 2.37. The van der Waals surface area contributed by atoms with Crippen molar-refractivity contribution in [2.24, 2.45) is 5.73 Å². The molecule has 104 valence electrons. The van der Waals surface area contributed by atoms with Gasteiger partial charge in [-0.15, -0.1) is 0 Å². The van der Waals surface area contributed by atoms with Gasteiger partial charge < -0.3 is 15.4 Å². The van der Waals surface area contributed by atoms with Crippen LogP contribution in [-0.2, 0) is 0 Å². The first-order valence-corrected chi connectivity index (χ1v) is 7.06. The lowest BCUT2D eigenvalue weighted by atomic mass is 9.81. The van der Waals surface area contributed by atoms with Crippen LogP contribution in [0.1, 0.15) is 32.1 Å². The molecular formula is C15H21FN2O. The first-order valence-electron chi connectivity index (χ1n) is 7.06. The Morgan fingerprint density at radius 2 is 1.95 bits per heavy atom. The highest BCUT2D eigenvalue weighted by Gasteiger charge is 2.37. The Balaban J connectivity index is 1.90. The van der Waals surface area contributed by atoms with Gasteiger partial charge in [0.05, 0.1) is 7.11 Å². The van der Waals surface area contributed by atoms with Crippen LogP contribution in [0.3, 0.4) is 0 Å². The number of hydrogen-bond acceptors (Lipinski definition) is 3. The van der Waals surface area contributed by atoms with Gasteiger partial charge in [0.15, 0.2) is 11.6 Å². The number of anilines is 1. The first-order chi connectivity index (χ1) is 9.19. The Kier molecular flexibility index (Phi) is 3.35. The van der Waals surface area contributed by atoms with Gasteiger partial charge in [0.25, 0.3) is 0 Å². The van der Waals surface area contributed by atoms with E-state index in [1.807, 2.05) is 6.07 Å². The van der Waals surface area contributed by atoms with Gasteiger partial charge in [-0.3, -0.25) is 0 Å². The van der Waals surface area contributed by atoms with E-state index in [0.717, 1.165) is 31.4 Å². The Bertz CT molecular complexity index is 451. The Hall–Kier alpha value is -1.29. The monoisotopic (exact) mass is 264 g/mol. The summed E-state index contributed by atoms with van der Waals surface area (Å²) >= 11 is 0. The summed E-state index contributed by atoms with van der Waals surface area (Å²) in [5.74, 6) is 0.0237. The Labute approximate surface area is 113 Å². The van der Waals surface area contributed by atoms with E-state index in [4.69, 9.17) is 10.5 Å². The molecule has 2 unspecified atom stereocenters. The van der Waals surface area contributed by atoms with Crippen molar-refractivity contribution < 1.29 is 9.13 Å². The van der Waals surface area contributed by atoms with Crippen LogP contribution in [0.2, 0.25) is 0 Å². The summed E-state index contributed by atoms with van der Waals surface area (Å²) in [6, 6.07) is 6.51. The smallest absolute Gasteiger partial charge is 0.167 e. The van der Waals surface area contributed by atoms with E-state index < -0.39 is 0 Å². The standard InChI is InChI=1S/C15H21FN2O/c1-19-15-6-5-13(9-14(15)16)18-11-3-2-4-12(18)8-10(17)7-11/h5-6,9-12H,2-4,7-8,17H2,1H3. The second-order valence-electron chi connectivity index (χ2n) is 5.70. The van der Waals surface area contributed by atoms with E-state index in [1.54, 1.807) is 12.1 Å². The number of hydrogen-bond donors (Lipinski definition) is 1. The summed E-state index contributed by atoms with van der Waals surface area (Å²) in [5.41, 5.74) is 7.09. The number of piperidine rings is 2. The lowest BCUT2D eigenvalue weighted by Crippen LogP contribution is -2.55. The van der Waals surface area contributed by atoms with Gasteiger partial charge in [-0.1, -0.05) is 0 Å². The number of methoxy groups -OCH3 is 1. The van der Waals surface area contributed by atoms with Gasteiger partial charge in [0.1, 0.15) is 0 Å². The SMILES string of the molecule is COc1ccc(N2C3CCCC2CC(N)C3)cc1F. The molecule has 19 heavy (non-hydrogen) atoms. The fraction of sp³-hybridized carbons (Fsp3) is 0.600. The van der Waals surface area contributed by atoms with Crippen LogP contribution in [-0.4, -0.2) is 25.2 Å². The molecule has 0 aliphatic carbocycles. The molecule has 2 fully saturated rings. The van der Waals surface area contributed by atoms with Crippen LogP contribution >= 0.6 is 0 Å². The molecule has 2 aliphatic heterocycles. The van der Waals surface area contributed by atoms with Crippen molar-refractivity contribution in [3.8, 4) is 5.75 Å². The molecule has 2 saturated heterocycles. The van der Waals surface area contributed by atoms with Crippen LogP contribution in [0.25, 0.3) is 0 Å². The van der Waals surface area contributed by atoms with E-state index >= 15 is 0 Å². The maximum absolute atomic E-state index is 13.9. The number of benzene rings is 1. The molecule has 4 heteroatoms. The van der Waals surface area contributed by atoms with E-state index in [1.165, 1.54) is 13.5 Å². The summed E-state index contributed by atoms with van der Waals surface area (Å²) in [6.07, 6.45) is 5.63. The fourth-order valence-corrected chi connectivity index (χ4v) is 3.66. The van der Waals surface area contributed by atoms with Crippen molar-refractivity contribution in [2.75, 3.05) is 12.0 Å². The number of nitrogens with two attached hydrogens (primary N) is 1. The van der Waals surface area contributed by atoms with Crippen molar-refractivity contribution >= 4 is 5.69 Å². The predicted octanol–water partition coefficient (Wildman–Crippen LogP) is 2.68. The van der Waals surface area contributed by atoms with Crippen molar-refractivity contribution in [2.45, 2.75) is 50.2 Å².